The molecule has 0 aliphatic carbocycles. The lowest BCUT2D eigenvalue weighted by atomic mass is 10.1. The highest BCUT2D eigenvalue weighted by Crippen LogP contribution is 2.17. The Hall–Kier alpha value is -1.66. The van der Waals surface area contributed by atoms with E-state index in [4.69, 9.17) is 9.15 Å². The summed E-state index contributed by atoms with van der Waals surface area (Å²) >= 11 is 0. The molecule has 1 aromatic carbocycles. The van der Waals surface area contributed by atoms with E-state index in [1.807, 2.05) is 18.2 Å². The predicted octanol–water partition coefficient (Wildman–Crippen LogP) is 2.19. The number of furan rings is 1. The molecule has 24 heavy (non-hydrogen) atoms. The van der Waals surface area contributed by atoms with E-state index in [9.17, 15) is 5.11 Å². The van der Waals surface area contributed by atoms with Crippen molar-refractivity contribution < 1.29 is 14.3 Å². The zero-order valence-corrected chi connectivity index (χ0v) is 14.1. The number of aliphatic hydroxyl groups excluding tert-OH is 1. The molecule has 3 rings (SSSR count). The Morgan fingerprint density at radius 1 is 1.25 bits per heavy atom. The molecule has 130 valence electrons. The summed E-state index contributed by atoms with van der Waals surface area (Å²) < 4.78 is 11.4. The van der Waals surface area contributed by atoms with E-state index in [0.29, 0.717) is 0 Å². The Kier molecular flexibility index (Phi) is 6.04. The number of ether oxygens (including phenoxy) is 1. The number of hydrogen-bond acceptors (Lipinski definition) is 5. The summed E-state index contributed by atoms with van der Waals surface area (Å²) in [5.74, 6) is 0.751. The highest BCUT2D eigenvalue weighted by atomic mass is 16.5. The summed E-state index contributed by atoms with van der Waals surface area (Å²) in [4.78, 5) is 2.42. The predicted molar refractivity (Wildman–Crippen MR) is 92.6 cm³/mol. The van der Waals surface area contributed by atoms with Crippen LogP contribution in [0.1, 0.15) is 24.3 Å². The summed E-state index contributed by atoms with van der Waals surface area (Å²) in [7, 11) is 0. The van der Waals surface area contributed by atoms with Gasteiger partial charge in [0.05, 0.1) is 31.6 Å². The molecule has 1 aromatic heterocycles. The van der Waals surface area contributed by atoms with Crippen LogP contribution in [0.3, 0.4) is 0 Å². The summed E-state index contributed by atoms with van der Waals surface area (Å²) in [6, 6.07) is 14.1. The Morgan fingerprint density at radius 3 is 2.79 bits per heavy atom. The average molecular weight is 330 g/mol. The van der Waals surface area contributed by atoms with Crippen LogP contribution in [-0.4, -0.2) is 48.5 Å². The molecular weight excluding hydrogens is 304 g/mol. The largest absolute Gasteiger partial charge is 0.468 e. The van der Waals surface area contributed by atoms with E-state index in [2.05, 4.69) is 41.4 Å². The van der Waals surface area contributed by atoms with E-state index >= 15 is 0 Å². The van der Waals surface area contributed by atoms with Crippen molar-refractivity contribution in [2.75, 3.05) is 26.3 Å². The first-order valence-corrected chi connectivity index (χ1v) is 8.54. The summed E-state index contributed by atoms with van der Waals surface area (Å²) in [5, 5.41) is 13.0. The van der Waals surface area contributed by atoms with Crippen LogP contribution in [0.5, 0.6) is 0 Å². The molecule has 0 amide bonds. The number of hydrogen-bond donors (Lipinski definition) is 2. The van der Waals surface area contributed by atoms with Gasteiger partial charge in [0, 0.05) is 25.7 Å². The van der Waals surface area contributed by atoms with E-state index in [1.54, 1.807) is 6.26 Å². The van der Waals surface area contributed by atoms with Crippen LogP contribution < -0.4 is 5.32 Å². The first-order chi connectivity index (χ1) is 11.8. The molecule has 3 unspecified atom stereocenters. The SMILES string of the molecule is CC(NC(CO)c1ccco1)C1CN(Cc2ccccc2)CCO1. The molecule has 1 fully saturated rings. The quantitative estimate of drug-likeness (QED) is 0.815. The minimum Gasteiger partial charge on any atom is -0.468 e. The molecule has 1 saturated heterocycles. The molecule has 1 aliphatic rings. The summed E-state index contributed by atoms with van der Waals surface area (Å²) in [6.45, 7) is 5.59. The van der Waals surface area contributed by atoms with Crippen LogP contribution in [-0.2, 0) is 11.3 Å². The van der Waals surface area contributed by atoms with E-state index < -0.39 is 0 Å². The lowest BCUT2D eigenvalue weighted by Crippen LogP contribution is -2.51. The highest BCUT2D eigenvalue weighted by Gasteiger charge is 2.27. The van der Waals surface area contributed by atoms with Gasteiger partial charge in [0.25, 0.3) is 0 Å². The molecule has 1 aliphatic heterocycles. The van der Waals surface area contributed by atoms with Crippen molar-refractivity contribution >= 4 is 0 Å². The van der Waals surface area contributed by atoms with Gasteiger partial charge in [-0.15, -0.1) is 0 Å². The van der Waals surface area contributed by atoms with Crippen molar-refractivity contribution in [3.8, 4) is 0 Å². The second-order valence-electron chi connectivity index (χ2n) is 6.34. The van der Waals surface area contributed by atoms with Gasteiger partial charge in [-0.05, 0) is 24.6 Å². The molecule has 5 nitrogen and oxygen atoms in total. The second-order valence-corrected chi connectivity index (χ2v) is 6.34. The Morgan fingerprint density at radius 2 is 2.08 bits per heavy atom. The highest BCUT2D eigenvalue weighted by molar-refractivity contribution is 5.14. The molecule has 0 spiro atoms. The van der Waals surface area contributed by atoms with Gasteiger partial charge in [0.2, 0.25) is 0 Å². The molecule has 3 atom stereocenters. The first-order valence-electron chi connectivity index (χ1n) is 8.54. The van der Waals surface area contributed by atoms with Crippen LogP contribution in [0.25, 0.3) is 0 Å². The zero-order valence-electron chi connectivity index (χ0n) is 14.1. The standard InChI is InChI=1S/C19H26N2O3/c1-15(20-17(14-22)18-8-5-10-23-18)19-13-21(9-11-24-19)12-16-6-3-2-4-7-16/h2-8,10,15,17,19-20,22H,9,11-14H2,1H3. The Balaban J connectivity index is 1.55. The Labute approximate surface area is 143 Å². The molecular formula is C19H26N2O3. The summed E-state index contributed by atoms with van der Waals surface area (Å²) in [6.07, 6.45) is 1.72. The zero-order chi connectivity index (χ0) is 16.8. The van der Waals surface area contributed by atoms with Crippen LogP contribution in [0.15, 0.2) is 53.1 Å². The van der Waals surface area contributed by atoms with Gasteiger partial charge in [-0.3, -0.25) is 4.90 Å². The van der Waals surface area contributed by atoms with Gasteiger partial charge in [-0.2, -0.15) is 0 Å². The lowest BCUT2D eigenvalue weighted by molar-refractivity contribution is -0.0490. The number of nitrogens with one attached hydrogen (secondary N) is 1. The maximum absolute atomic E-state index is 9.62. The monoisotopic (exact) mass is 330 g/mol. The molecule has 0 saturated carbocycles. The molecule has 0 bridgehead atoms. The molecule has 0 radical (unpaired) electrons. The van der Waals surface area contributed by atoms with Crippen molar-refractivity contribution in [2.45, 2.75) is 31.7 Å². The second kappa shape index (κ2) is 8.44. The number of benzene rings is 1. The normalized spacial score (nSPS) is 21.5. The average Bonchev–Trinajstić information content (AvgIpc) is 3.15. The van der Waals surface area contributed by atoms with E-state index in [0.717, 1.165) is 32.0 Å². The molecule has 2 heterocycles. The van der Waals surface area contributed by atoms with Crippen molar-refractivity contribution in [1.29, 1.82) is 0 Å². The number of rotatable bonds is 7. The van der Waals surface area contributed by atoms with Crippen molar-refractivity contribution in [1.82, 2.24) is 10.2 Å². The fraction of sp³-hybridized carbons (Fsp3) is 0.474. The van der Waals surface area contributed by atoms with Gasteiger partial charge in [-0.25, -0.2) is 0 Å². The van der Waals surface area contributed by atoms with Crippen LogP contribution in [0.2, 0.25) is 0 Å². The van der Waals surface area contributed by atoms with Gasteiger partial charge >= 0.3 is 0 Å². The van der Waals surface area contributed by atoms with Gasteiger partial charge < -0.3 is 19.6 Å². The maximum Gasteiger partial charge on any atom is 0.123 e. The third-order valence-corrected chi connectivity index (χ3v) is 4.52. The number of aliphatic hydroxyl groups is 1. The van der Waals surface area contributed by atoms with Gasteiger partial charge in [0.15, 0.2) is 0 Å². The lowest BCUT2D eigenvalue weighted by Gasteiger charge is -2.37. The topological polar surface area (TPSA) is 57.9 Å². The van der Waals surface area contributed by atoms with Crippen molar-refractivity contribution in [2.24, 2.45) is 0 Å². The molecule has 5 heteroatoms. The molecule has 2 N–H and O–H groups in total. The maximum atomic E-state index is 9.62. The van der Waals surface area contributed by atoms with Crippen LogP contribution in [0, 0.1) is 0 Å². The van der Waals surface area contributed by atoms with Crippen LogP contribution in [0.4, 0.5) is 0 Å². The Bertz CT molecular complexity index is 588. The van der Waals surface area contributed by atoms with E-state index in [-0.39, 0.29) is 24.8 Å². The van der Waals surface area contributed by atoms with Crippen molar-refractivity contribution in [3.63, 3.8) is 0 Å². The number of nitrogens with zero attached hydrogens (tertiary/aromatic N) is 1. The minimum atomic E-state index is -0.205. The minimum absolute atomic E-state index is 0.00168. The fourth-order valence-electron chi connectivity index (χ4n) is 3.16. The van der Waals surface area contributed by atoms with E-state index in [1.165, 1.54) is 5.56 Å². The fourth-order valence-corrected chi connectivity index (χ4v) is 3.16. The first kappa shape index (κ1) is 17.2. The van der Waals surface area contributed by atoms with Gasteiger partial charge in [0.1, 0.15) is 5.76 Å². The van der Waals surface area contributed by atoms with Crippen LogP contribution >= 0.6 is 0 Å². The van der Waals surface area contributed by atoms with Crippen molar-refractivity contribution in [3.05, 3.63) is 60.1 Å². The third-order valence-electron chi connectivity index (χ3n) is 4.52. The third kappa shape index (κ3) is 4.45. The summed E-state index contributed by atoms with van der Waals surface area (Å²) in [5.41, 5.74) is 1.32. The molecule has 2 aromatic rings. The number of morpholine rings is 1. The van der Waals surface area contributed by atoms with Gasteiger partial charge in [-0.1, -0.05) is 30.3 Å². The smallest absolute Gasteiger partial charge is 0.123 e.